The van der Waals surface area contributed by atoms with Crippen LogP contribution in [0.2, 0.25) is 0 Å². The van der Waals surface area contributed by atoms with Crippen molar-refractivity contribution >= 4 is 15.9 Å². The number of carbonyl (C=O) groups excluding carboxylic acids is 1. The van der Waals surface area contributed by atoms with Crippen LogP contribution in [0.4, 0.5) is 0 Å². The second-order valence-electron chi connectivity index (χ2n) is 6.94. The highest BCUT2D eigenvalue weighted by molar-refractivity contribution is 7.89. The van der Waals surface area contributed by atoms with Crippen molar-refractivity contribution in [3.05, 3.63) is 53.5 Å². The molecular weight excluding hydrogens is 392 g/mol. The Labute approximate surface area is 170 Å². The molecule has 1 N–H and O–H groups in total. The Morgan fingerprint density at radius 1 is 1.21 bits per heavy atom. The van der Waals surface area contributed by atoms with Gasteiger partial charge in [0.05, 0.1) is 23.0 Å². The van der Waals surface area contributed by atoms with Gasteiger partial charge in [-0.15, -0.1) is 0 Å². The first kappa shape index (κ1) is 21.0. The summed E-state index contributed by atoms with van der Waals surface area (Å²) in [5, 5.41) is 12.3. The van der Waals surface area contributed by atoms with Crippen LogP contribution in [0.1, 0.15) is 30.0 Å². The van der Waals surface area contributed by atoms with Crippen LogP contribution in [-0.4, -0.2) is 56.3 Å². The highest BCUT2D eigenvalue weighted by atomic mass is 32.2. The fraction of sp³-hybridized carbons (Fsp3) is 0.400. The van der Waals surface area contributed by atoms with E-state index in [1.807, 2.05) is 32.0 Å². The Bertz CT molecular complexity index is 1020. The van der Waals surface area contributed by atoms with Crippen molar-refractivity contribution in [2.24, 2.45) is 0 Å². The molecule has 3 rings (SSSR count). The standard InChI is InChI=1S/C20H24N4O4S/c1-15-7-8-18(28-15)16(2)22-14-20(25)23-9-11-24(12-10-23)29(26,27)19-6-4-3-5-17(19)13-21/h3-8,16,22H,9-12,14H2,1-2H3. The molecule has 2 aromatic rings. The van der Waals surface area contributed by atoms with Crippen LogP contribution in [0.15, 0.2) is 45.7 Å². The number of hydrogen-bond donors (Lipinski definition) is 1. The average molecular weight is 417 g/mol. The summed E-state index contributed by atoms with van der Waals surface area (Å²) in [6.07, 6.45) is 0. The number of carbonyl (C=O) groups is 1. The van der Waals surface area contributed by atoms with Crippen LogP contribution in [0, 0.1) is 18.3 Å². The number of aryl methyl sites for hydroxylation is 1. The molecular formula is C20H24N4O4S. The van der Waals surface area contributed by atoms with E-state index in [9.17, 15) is 18.5 Å². The molecule has 1 aliphatic heterocycles. The molecule has 2 heterocycles. The molecule has 0 aliphatic carbocycles. The molecule has 1 aromatic carbocycles. The third-order valence-corrected chi connectivity index (χ3v) is 6.92. The number of nitriles is 1. The van der Waals surface area contributed by atoms with Gasteiger partial charge in [-0.2, -0.15) is 9.57 Å². The average Bonchev–Trinajstić information content (AvgIpc) is 3.18. The lowest BCUT2D eigenvalue weighted by atomic mass is 10.2. The lowest BCUT2D eigenvalue weighted by molar-refractivity contribution is -0.131. The van der Waals surface area contributed by atoms with Crippen molar-refractivity contribution in [2.75, 3.05) is 32.7 Å². The quantitative estimate of drug-likeness (QED) is 0.767. The smallest absolute Gasteiger partial charge is 0.244 e. The molecule has 1 saturated heterocycles. The minimum Gasteiger partial charge on any atom is -0.465 e. The number of nitrogens with one attached hydrogen (secondary N) is 1. The zero-order chi connectivity index (χ0) is 21.0. The molecule has 1 amide bonds. The Balaban J connectivity index is 1.56. The molecule has 0 saturated carbocycles. The van der Waals surface area contributed by atoms with Crippen molar-refractivity contribution < 1.29 is 17.6 Å². The van der Waals surface area contributed by atoms with E-state index in [-0.39, 0.29) is 42.0 Å². The molecule has 1 fully saturated rings. The van der Waals surface area contributed by atoms with E-state index in [2.05, 4.69) is 5.32 Å². The van der Waals surface area contributed by atoms with Gasteiger partial charge in [0.15, 0.2) is 0 Å². The number of furan rings is 1. The molecule has 1 aliphatic rings. The third-order valence-electron chi connectivity index (χ3n) is 4.96. The lowest BCUT2D eigenvalue weighted by Gasteiger charge is -2.34. The van der Waals surface area contributed by atoms with Gasteiger partial charge in [0, 0.05) is 26.2 Å². The monoisotopic (exact) mass is 416 g/mol. The van der Waals surface area contributed by atoms with Crippen LogP contribution in [0.25, 0.3) is 0 Å². The number of benzene rings is 1. The molecule has 1 atom stereocenters. The van der Waals surface area contributed by atoms with Gasteiger partial charge in [0.1, 0.15) is 17.6 Å². The number of nitrogens with zero attached hydrogens (tertiary/aromatic N) is 3. The van der Waals surface area contributed by atoms with Crippen LogP contribution >= 0.6 is 0 Å². The Hall–Kier alpha value is -2.67. The lowest BCUT2D eigenvalue weighted by Crippen LogP contribution is -2.52. The minimum absolute atomic E-state index is 0.00603. The molecule has 154 valence electrons. The van der Waals surface area contributed by atoms with E-state index >= 15 is 0 Å². The van der Waals surface area contributed by atoms with E-state index in [0.29, 0.717) is 13.1 Å². The maximum absolute atomic E-state index is 12.9. The fourth-order valence-electron chi connectivity index (χ4n) is 3.24. The van der Waals surface area contributed by atoms with Crippen molar-refractivity contribution in [3.63, 3.8) is 0 Å². The summed E-state index contributed by atoms with van der Waals surface area (Å²) in [6.45, 7) is 4.94. The van der Waals surface area contributed by atoms with Gasteiger partial charge in [-0.1, -0.05) is 12.1 Å². The zero-order valence-corrected chi connectivity index (χ0v) is 17.3. The van der Waals surface area contributed by atoms with E-state index in [0.717, 1.165) is 11.5 Å². The van der Waals surface area contributed by atoms with Gasteiger partial charge in [0.2, 0.25) is 15.9 Å². The summed E-state index contributed by atoms with van der Waals surface area (Å²) in [6, 6.07) is 11.7. The van der Waals surface area contributed by atoms with E-state index in [1.165, 1.54) is 16.4 Å². The predicted molar refractivity (Wildman–Crippen MR) is 106 cm³/mol. The molecule has 0 radical (unpaired) electrons. The molecule has 1 unspecified atom stereocenters. The maximum atomic E-state index is 12.9. The summed E-state index contributed by atoms with van der Waals surface area (Å²) in [5.74, 6) is 1.49. The van der Waals surface area contributed by atoms with Gasteiger partial charge < -0.3 is 9.32 Å². The topological polar surface area (TPSA) is 107 Å². The third kappa shape index (κ3) is 4.67. The Morgan fingerprint density at radius 2 is 1.90 bits per heavy atom. The van der Waals surface area contributed by atoms with E-state index in [1.54, 1.807) is 17.0 Å². The predicted octanol–water partition coefficient (Wildman–Crippen LogP) is 1.64. The molecule has 1 aromatic heterocycles. The highest BCUT2D eigenvalue weighted by Gasteiger charge is 2.31. The van der Waals surface area contributed by atoms with Gasteiger partial charge in [0.25, 0.3) is 0 Å². The number of rotatable bonds is 6. The van der Waals surface area contributed by atoms with Crippen LogP contribution in [0.5, 0.6) is 0 Å². The minimum atomic E-state index is -3.77. The normalized spacial score (nSPS) is 16.4. The molecule has 0 spiro atoms. The van der Waals surface area contributed by atoms with Crippen LogP contribution in [0.3, 0.4) is 0 Å². The number of sulfonamides is 1. The summed E-state index contributed by atoms with van der Waals surface area (Å²) in [5.41, 5.74) is 0.123. The van der Waals surface area contributed by atoms with Gasteiger partial charge >= 0.3 is 0 Å². The van der Waals surface area contributed by atoms with E-state index < -0.39 is 10.0 Å². The summed E-state index contributed by atoms with van der Waals surface area (Å²) < 4.78 is 32.6. The number of amides is 1. The van der Waals surface area contributed by atoms with Crippen molar-refractivity contribution in [3.8, 4) is 6.07 Å². The van der Waals surface area contributed by atoms with Gasteiger partial charge in [-0.25, -0.2) is 8.42 Å². The molecule has 9 heteroatoms. The summed E-state index contributed by atoms with van der Waals surface area (Å²) >= 11 is 0. The van der Waals surface area contributed by atoms with E-state index in [4.69, 9.17) is 4.42 Å². The first-order valence-corrected chi connectivity index (χ1v) is 10.8. The van der Waals surface area contributed by atoms with Crippen molar-refractivity contribution in [1.82, 2.24) is 14.5 Å². The summed E-state index contributed by atoms with van der Waals surface area (Å²) in [4.78, 5) is 14.1. The van der Waals surface area contributed by atoms with Gasteiger partial charge in [-0.05, 0) is 38.1 Å². The number of hydrogen-bond acceptors (Lipinski definition) is 6. The second kappa shape index (κ2) is 8.78. The Kier molecular flexibility index (Phi) is 6.37. The second-order valence-corrected chi connectivity index (χ2v) is 8.85. The van der Waals surface area contributed by atoms with Crippen LogP contribution in [-0.2, 0) is 14.8 Å². The first-order chi connectivity index (χ1) is 13.8. The Morgan fingerprint density at radius 3 is 2.52 bits per heavy atom. The first-order valence-electron chi connectivity index (χ1n) is 9.39. The fourth-order valence-corrected chi connectivity index (χ4v) is 4.80. The SMILES string of the molecule is Cc1ccc(C(C)NCC(=O)N2CCN(S(=O)(=O)c3ccccc3C#N)CC2)o1. The zero-order valence-electron chi connectivity index (χ0n) is 16.5. The maximum Gasteiger partial charge on any atom is 0.244 e. The van der Waals surface area contributed by atoms with Crippen LogP contribution < -0.4 is 5.32 Å². The van der Waals surface area contributed by atoms with Gasteiger partial charge in [-0.3, -0.25) is 10.1 Å². The summed E-state index contributed by atoms with van der Waals surface area (Å²) in [7, 11) is -3.77. The van der Waals surface area contributed by atoms with Crippen molar-refractivity contribution in [2.45, 2.75) is 24.8 Å². The molecule has 0 bridgehead atoms. The largest absolute Gasteiger partial charge is 0.465 e. The van der Waals surface area contributed by atoms with Crippen molar-refractivity contribution in [1.29, 1.82) is 5.26 Å². The molecule has 29 heavy (non-hydrogen) atoms. The molecule has 8 nitrogen and oxygen atoms in total. The highest BCUT2D eigenvalue weighted by Crippen LogP contribution is 2.21. The number of piperazine rings is 1.